The number of likely N-dealkylation sites (tertiary alicyclic amines) is 1. The zero-order chi connectivity index (χ0) is 22.1. The van der Waals surface area contributed by atoms with Crippen LogP contribution in [0.15, 0.2) is 76.2 Å². The molecule has 0 spiro atoms. The first-order valence-corrected chi connectivity index (χ1v) is 12.1. The Morgan fingerprint density at radius 2 is 1.78 bits per heavy atom. The van der Waals surface area contributed by atoms with Gasteiger partial charge in [-0.2, -0.15) is 0 Å². The van der Waals surface area contributed by atoms with E-state index >= 15 is 0 Å². The highest BCUT2D eigenvalue weighted by Gasteiger charge is 2.27. The maximum atomic E-state index is 12.9. The fourth-order valence-corrected chi connectivity index (χ4v) is 5.48. The van der Waals surface area contributed by atoms with Crippen molar-refractivity contribution in [2.45, 2.75) is 17.7 Å². The number of fused-ring (bicyclic) bond motifs is 2. The van der Waals surface area contributed by atoms with Gasteiger partial charge in [0, 0.05) is 36.6 Å². The molecule has 4 aromatic rings. The molecule has 0 atom stereocenters. The number of para-hydroxylation sites is 2. The molecule has 2 aromatic heterocycles. The summed E-state index contributed by atoms with van der Waals surface area (Å²) in [5.74, 6) is 0.378. The van der Waals surface area contributed by atoms with Gasteiger partial charge in [0.05, 0.1) is 5.52 Å². The quantitative estimate of drug-likeness (QED) is 0.500. The summed E-state index contributed by atoms with van der Waals surface area (Å²) in [5.41, 5.74) is 1.16. The van der Waals surface area contributed by atoms with Gasteiger partial charge in [0.15, 0.2) is 5.76 Å². The van der Waals surface area contributed by atoms with Gasteiger partial charge in [0.2, 0.25) is 10.0 Å². The molecule has 0 aliphatic carbocycles. The number of hydrogen-bond donors (Lipinski definition) is 1. The maximum Gasteiger partial charge on any atom is 0.289 e. The summed E-state index contributed by atoms with van der Waals surface area (Å²) in [6.07, 6.45) is 3.04. The van der Waals surface area contributed by atoms with Crippen LogP contribution in [0, 0.1) is 5.92 Å². The molecule has 32 heavy (non-hydrogen) atoms. The Balaban J connectivity index is 1.21. The van der Waals surface area contributed by atoms with E-state index in [1.807, 2.05) is 36.4 Å². The molecule has 7 nitrogen and oxygen atoms in total. The molecule has 2 aromatic carbocycles. The topological polar surface area (TPSA) is 92.5 Å². The van der Waals surface area contributed by atoms with Crippen LogP contribution in [0.2, 0.25) is 0 Å². The average Bonchev–Trinajstić information content (AvgIpc) is 3.27. The number of carbonyl (C=O) groups excluding carboxylic acids is 1. The molecule has 5 rings (SSSR count). The molecule has 3 heterocycles. The minimum Gasteiger partial charge on any atom is -0.451 e. The lowest BCUT2D eigenvalue weighted by Crippen LogP contribution is -2.41. The summed E-state index contributed by atoms with van der Waals surface area (Å²) in [6.45, 7) is 1.47. The van der Waals surface area contributed by atoms with Crippen LogP contribution in [0.3, 0.4) is 0 Å². The number of pyridine rings is 1. The van der Waals surface area contributed by atoms with E-state index in [0.717, 1.165) is 23.6 Å². The molecule has 0 saturated carbocycles. The summed E-state index contributed by atoms with van der Waals surface area (Å²) < 4.78 is 34.2. The minimum absolute atomic E-state index is 0.123. The first-order valence-electron chi connectivity index (χ1n) is 10.6. The first kappa shape index (κ1) is 20.7. The van der Waals surface area contributed by atoms with Gasteiger partial charge in [-0.3, -0.25) is 9.78 Å². The van der Waals surface area contributed by atoms with Crippen LogP contribution in [-0.2, 0) is 10.0 Å². The van der Waals surface area contributed by atoms with Crippen LogP contribution in [0.5, 0.6) is 0 Å². The predicted octanol–water partition coefficient (Wildman–Crippen LogP) is 3.81. The van der Waals surface area contributed by atoms with E-state index in [1.54, 1.807) is 35.4 Å². The van der Waals surface area contributed by atoms with Crippen molar-refractivity contribution in [3.63, 3.8) is 0 Å². The van der Waals surface area contributed by atoms with Gasteiger partial charge in [0.1, 0.15) is 10.5 Å². The second kappa shape index (κ2) is 8.37. The third-order valence-electron chi connectivity index (χ3n) is 5.99. The second-order valence-corrected chi connectivity index (χ2v) is 9.80. The zero-order valence-corrected chi connectivity index (χ0v) is 18.2. The van der Waals surface area contributed by atoms with Gasteiger partial charge in [-0.1, -0.05) is 36.4 Å². The van der Waals surface area contributed by atoms with Crippen molar-refractivity contribution in [1.29, 1.82) is 0 Å². The molecular weight excluding hydrogens is 426 g/mol. The van der Waals surface area contributed by atoms with Gasteiger partial charge < -0.3 is 9.32 Å². The molecule has 0 unspecified atom stereocenters. The Morgan fingerprint density at radius 1 is 1.03 bits per heavy atom. The Morgan fingerprint density at radius 3 is 2.59 bits per heavy atom. The van der Waals surface area contributed by atoms with Crippen molar-refractivity contribution >= 4 is 37.8 Å². The number of rotatable bonds is 5. The lowest BCUT2D eigenvalue weighted by atomic mass is 9.97. The first-order chi connectivity index (χ1) is 15.5. The van der Waals surface area contributed by atoms with E-state index in [-0.39, 0.29) is 16.7 Å². The van der Waals surface area contributed by atoms with Gasteiger partial charge >= 0.3 is 0 Å². The largest absolute Gasteiger partial charge is 0.451 e. The van der Waals surface area contributed by atoms with Crippen LogP contribution in [0.4, 0.5) is 0 Å². The smallest absolute Gasteiger partial charge is 0.289 e. The molecule has 0 bridgehead atoms. The van der Waals surface area contributed by atoms with Crippen LogP contribution in [0.1, 0.15) is 23.4 Å². The van der Waals surface area contributed by atoms with Crippen molar-refractivity contribution in [3.05, 3.63) is 72.6 Å². The van der Waals surface area contributed by atoms with Crippen molar-refractivity contribution in [1.82, 2.24) is 14.6 Å². The number of carbonyl (C=O) groups is 1. The van der Waals surface area contributed by atoms with Crippen molar-refractivity contribution < 1.29 is 17.6 Å². The highest BCUT2D eigenvalue weighted by molar-refractivity contribution is 7.89. The van der Waals surface area contributed by atoms with Crippen molar-refractivity contribution in [2.24, 2.45) is 5.92 Å². The fraction of sp³-hybridized carbons (Fsp3) is 0.250. The lowest BCUT2D eigenvalue weighted by Gasteiger charge is -2.31. The summed E-state index contributed by atoms with van der Waals surface area (Å²) in [4.78, 5) is 19.0. The van der Waals surface area contributed by atoms with E-state index in [9.17, 15) is 13.2 Å². The number of furan rings is 1. The Kier molecular flexibility index (Phi) is 5.40. The monoisotopic (exact) mass is 449 g/mol. The Labute approximate surface area is 186 Å². The van der Waals surface area contributed by atoms with Gasteiger partial charge in [0.25, 0.3) is 5.91 Å². The normalized spacial score (nSPS) is 15.4. The summed E-state index contributed by atoms with van der Waals surface area (Å²) in [7, 11) is -3.68. The van der Waals surface area contributed by atoms with Gasteiger partial charge in [-0.05, 0) is 43.0 Å². The molecular formula is C24H23N3O4S. The number of piperidine rings is 1. The SMILES string of the molecule is O=C(c1cc2ccccc2o1)N1CCC(CNS(=O)(=O)c2cccc3cccnc23)CC1. The molecule has 8 heteroatoms. The van der Waals surface area contributed by atoms with Crippen molar-refractivity contribution in [3.8, 4) is 0 Å². The van der Waals surface area contributed by atoms with E-state index in [2.05, 4.69) is 9.71 Å². The summed E-state index contributed by atoms with van der Waals surface area (Å²) >= 11 is 0. The molecule has 0 radical (unpaired) electrons. The molecule has 164 valence electrons. The van der Waals surface area contributed by atoms with E-state index in [4.69, 9.17) is 4.42 Å². The molecule has 1 amide bonds. The standard InChI is InChI=1S/C24H23N3O4S/c28-24(21-15-19-5-1-2-8-20(19)31-21)27-13-10-17(11-14-27)16-26-32(29,30)22-9-3-6-18-7-4-12-25-23(18)22/h1-9,12,15,17,26H,10-11,13-14,16H2. The Bertz CT molecular complexity index is 1350. The molecule has 1 saturated heterocycles. The van der Waals surface area contributed by atoms with Crippen LogP contribution in [-0.4, -0.2) is 43.8 Å². The van der Waals surface area contributed by atoms with Gasteiger partial charge in [-0.25, -0.2) is 13.1 Å². The highest BCUT2D eigenvalue weighted by atomic mass is 32.2. The Hall–Kier alpha value is -3.23. The minimum atomic E-state index is -3.68. The summed E-state index contributed by atoms with van der Waals surface area (Å²) in [6, 6.07) is 18.1. The predicted molar refractivity (Wildman–Crippen MR) is 122 cm³/mol. The third kappa shape index (κ3) is 3.99. The fourth-order valence-electron chi connectivity index (χ4n) is 4.18. The number of benzene rings is 2. The third-order valence-corrected chi connectivity index (χ3v) is 7.44. The van der Waals surface area contributed by atoms with Crippen molar-refractivity contribution in [2.75, 3.05) is 19.6 Å². The van der Waals surface area contributed by atoms with Crippen LogP contribution < -0.4 is 4.72 Å². The number of aromatic nitrogens is 1. The van der Waals surface area contributed by atoms with E-state index in [0.29, 0.717) is 36.5 Å². The second-order valence-electron chi connectivity index (χ2n) is 8.07. The molecule has 1 fully saturated rings. The highest BCUT2D eigenvalue weighted by Crippen LogP contribution is 2.24. The number of amides is 1. The average molecular weight is 450 g/mol. The summed E-state index contributed by atoms with van der Waals surface area (Å²) in [5, 5.41) is 1.69. The van der Waals surface area contributed by atoms with Crippen LogP contribution in [0.25, 0.3) is 21.9 Å². The number of sulfonamides is 1. The number of nitrogens with one attached hydrogen (secondary N) is 1. The molecule has 1 N–H and O–H groups in total. The van der Waals surface area contributed by atoms with E-state index < -0.39 is 10.0 Å². The molecule has 1 aliphatic heterocycles. The lowest BCUT2D eigenvalue weighted by molar-refractivity contribution is 0.0662. The number of hydrogen-bond acceptors (Lipinski definition) is 5. The zero-order valence-electron chi connectivity index (χ0n) is 17.4. The van der Waals surface area contributed by atoms with E-state index in [1.165, 1.54) is 0 Å². The molecule has 1 aliphatic rings. The van der Waals surface area contributed by atoms with Gasteiger partial charge in [-0.15, -0.1) is 0 Å². The number of nitrogens with zero attached hydrogens (tertiary/aromatic N) is 2. The maximum absolute atomic E-state index is 12.9. The van der Waals surface area contributed by atoms with Crippen LogP contribution >= 0.6 is 0 Å².